The second-order valence-electron chi connectivity index (χ2n) is 6.79. The third kappa shape index (κ3) is 1.84. The summed E-state index contributed by atoms with van der Waals surface area (Å²) in [6.07, 6.45) is 5.51. The second kappa shape index (κ2) is 5.15. The highest BCUT2D eigenvalue weighted by Gasteiger charge is 2.34. The summed E-state index contributed by atoms with van der Waals surface area (Å²) in [6, 6.07) is 7.03. The van der Waals surface area contributed by atoms with Crippen LogP contribution in [-0.4, -0.2) is 28.5 Å². The number of unbranched alkanes of at least 4 members (excludes halogenated alkanes) is 1. The van der Waals surface area contributed by atoms with Gasteiger partial charge in [0, 0.05) is 24.5 Å². The summed E-state index contributed by atoms with van der Waals surface area (Å²) in [4.78, 5) is 15.1. The first-order valence-electron chi connectivity index (χ1n) is 8.66. The lowest BCUT2D eigenvalue weighted by atomic mass is 9.98. The first-order chi connectivity index (χ1) is 10.7. The molecule has 3 heteroatoms. The molecule has 2 aliphatic rings. The Bertz CT molecular complexity index is 743. The zero-order chi connectivity index (χ0) is 15.3. The molecular weight excluding hydrogens is 272 g/mol. The summed E-state index contributed by atoms with van der Waals surface area (Å²) >= 11 is 0. The molecule has 0 bridgehead atoms. The molecule has 0 N–H and O–H groups in total. The zero-order valence-electron chi connectivity index (χ0n) is 13.6. The van der Waals surface area contributed by atoms with Crippen LogP contribution >= 0.6 is 0 Å². The van der Waals surface area contributed by atoms with E-state index in [1.807, 2.05) is 0 Å². The van der Waals surface area contributed by atoms with Crippen LogP contribution in [0.3, 0.4) is 0 Å². The maximum absolute atomic E-state index is 13.1. The van der Waals surface area contributed by atoms with Gasteiger partial charge < -0.3 is 9.47 Å². The van der Waals surface area contributed by atoms with Crippen LogP contribution in [0.15, 0.2) is 18.2 Å². The number of hydrogen-bond donors (Lipinski definition) is 0. The molecule has 0 saturated heterocycles. The Labute approximate surface area is 131 Å². The molecule has 0 fully saturated rings. The SMILES string of the molecule is CCCCN1CCc2c(n3c4c(cccc24)CCC3C)C1=O. The van der Waals surface area contributed by atoms with Gasteiger partial charge in [-0.25, -0.2) is 0 Å². The molecule has 4 rings (SSSR count). The van der Waals surface area contributed by atoms with E-state index in [0.717, 1.165) is 50.9 Å². The first kappa shape index (κ1) is 13.9. The van der Waals surface area contributed by atoms with Crippen LogP contribution in [0.4, 0.5) is 0 Å². The van der Waals surface area contributed by atoms with Crippen molar-refractivity contribution in [2.75, 3.05) is 13.1 Å². The third-order valence-corrected chi connectivity index (χ3v) is 5.39. The van der Waals surface area contributed by atoms with Crippen LogP contribution in [0.2, 0.25) is 0 Å². The number of para-hydroxylation sites is 1. The summed E-state index contributed by atoms with van der Waals surface area (Å²) in [5.74, 6) is 0.255. The molecule has 3 heterocycles. The highest BCUT2D eigenvalue weighted by Crippen LogP contribution is 2.39. The van der Waals surface area contributed by atoms with Crippen molar-refractivity contribution < 1.29 is 4.79 Å². The van der Waals surface area contributed by atoms with Crippen LogP contribution in [0, 0.1) is 0 Å². The summed E-state index contributed by atoms with van der Waals surface area (Å²) in [7, 11) is 0. The van der Waals surface area contributed by atoms with Crippen LogP contribution in [-0.2, 0) is 12.8 Å². The molecule has 116 valence electrons. The Morgan fingerprint density at radius 1 is 1.27 bits per heavy atom. The van der Waals surface area contributed by atoms with Gasteiger partial charge in [0.25, 0.3) is 5.91 Å². The Kier molecular flexibility index (Phi) is 3.24. The van der Waals surface area contributed by atoms with E-state index >= 15 is 0 Å². The van der Waals surface area contributed by atoms with Gasteiger partial charge in [-0.2, -0.15) is 0 Å². The molecule has 1 aromatic carbocycles. The highest BCUT2D eigenvalue weighted by atomic mass is 16.2. The minimum absolute atomic E-state index is 0.255. The maximum atomic E-state index is 13.1. The van der Waals surface area contributed by atoms with Gasteiger partial charge >= 0.3 is 0 Å². The normalized spacial score (nSPS) is 20.5. The van der Waals surface area contributed by atoms with Crippen molar-refractivity contribution in [2.45, 2.75) is 52.0 Å². The number of carbonyl (C=O) groups is 1. The van der Waals surface area contributed by atoms with Gasteiger partial charge in [-0.15, -0.1) is 0 Å². The van der Waals surface area contributed by atoms with Crippen molar-refractivity contribution in [3.63, 3.8) is 0 Å². The summed E-state index contributed by atoms with van der Waals surface area (Å²) in [5.41, 5.74) is 5.02. The standard InChI is InChI=1S/C19H24N2O/c1-3-4-11-20-12-10-16-15-7-5-6-14-9-8-13(2)21(17(14)15)18(16)19(20)22/h5-7,13H,3-4,8-12H2,1-2H3. The van der Waals surface area contributed by atoms with Crippen molar-refractivity contribution in [3.8, 4) is 0 Å². The van der Waals surface area contributed by atoms with Gasteiger partial charge in [0.15, 0.2) is 0 Å². The number of amides is 1. The van der Waals surface area contributed by atoms with Crippen molar-refractivity contribution >= 4 is 16.8 Å². The molecule has 1 amide bonds. The Balaban J connectivity index is 1.90. The Hall–Kier alpha value is -1.77. The number of benzene rings is 1. The van der Waals surface area contributed by atoms with Gasteiger partial charge in [0.05, 0.1) is 5.52 Å². The number of aryl methyl sites for hydroxylation is 1. The average molecular weight is 296 g/mol. The fourth-order valence-electron chi connectivity index (χ4n) is 4.19. The molecule has 1 unspecified atom stereocenters. The smallest absolute Gasteiger partial charge is 0.270 e. The largest absolute Gasteiger partial charge is 0.337 e. The minimum Gasteiger partial charge on any atom is -0.337 e. The summed E-state index contributed by atoms with van der Waals surface area (Å²) < 4.78 is 2.35. The number of rotatable bonds is 3. The molecule has 3 nitrogen and oxygen atoms in total. The Morgan fingerprint density at radius 2 is 2.14 bits per heavy atom. The molecule has 22 heavy (non-hydrogen) atoms. The van der Waals surface area contributed by atoms with Gasteiger partial charge in [-0.1, -0.05) is 31.5 Å². The molecule has 0 spiro atoms. The average Bonchev–Trinajstić information content (AvgIpc) is 2.88. The lowest BCUT2D eigenvalue weighted by Crippen LogP contribution is -2.39. The van der Waals surface area contributed by atoms with Gasteiger partial charge in [0.2, 0.25) is 0 Å². The predicted molar refractivity (Wildman–Crippen MR) is 89.5 cm³/mol. The Morgan fingerprint density at radius 3 is 2.95 bits per heavy atom. The van der Waals surface area contributed by atoms with Crippen molar-refractivity contribution in [2.24, 2.45) is 0 Å². The van der Waals surface area contributed by atoms with E-state index < -0.39 is 0 Å². The van der Waals surface area contributed by atoms with E-state index in [1.54, 1.807) is 0 Å². The molecule has 2 aromatic rings. The summed E-state index contributed by atoms with van der Waals surface area (Å²) in [6.45, 7) is 6.22. The van der Waals surface area contributed by atoms with Crippen molar-refractivity contribution in [3.05, 3.63) is 35.0 Å². The van der Waals surface area contributed by atoms with E-state index in [1.165, 1.54) is 22.0 Å². The lowest BCUT2D eigenvalue weighted by molar-refractivity contribution is 0.0724. The van der Waals surface area contributed by atoms with E-state index in [9.17, 15) is 4.79 Å². The predicted octanol–water partition coefficient (Wildman–Crippen LogP) is 3.95. The van der Waals surface area contributed by atoms with Crippen LogP contribution in [0.1, 0.15) is 60.8 Å². The fourth-order valence-corrected chi connectivity index (χ4v) is 4.19. The number of aromatic nitrogens is 1. The van der Waals surface area contributed by atoms with Crippen LogP contribution < -0.4 is 0 Å². The quantitative estimate of drug-likeness (QED) is 0.842. The number of carbonyl (C=O) groups excluding carboxylic acids is 1. The molecule has 1 atom stereocenters. The topological polar surface area (TPSA) is 25.2 Å². The van der Waals surface area contributed by atoms with Crippen molar-refractivity contribution in [1.82, 2.24) is 9.47 Å². The molecule has 1 aromatic heterocycles. The van der Waals surface area contributed by atoms with Crippen LogP contribution in [0.25, 0.3) is 10.9 Å². The second-order valence-corrected chi connectivity index (χ2v) is 6.79. The van der Waals surface area contributed by atoms with E-state index in [4.69, 9.17) is 0 Å². The highest BCUT2D eigenvalue weighted by molar-refractivity contribution is 6.04. The van der Waals surface area contributed by atoms with Crippen LogP contribution in [0.5, 0.6) is 0 Å². The minimum atomic E-state index is 0.255. The third-order valence-electron chi connectivity index (χ3n) is 5.39. The summed E-state index contributed by atoms with van der Waals surface area (Å²) in [5, 5.41) is 1.32. The van der Waals surface area contributed by atoms with E-state index in [-0.39, 0.29) is 5.91 Å². The monoisotopic (exact) mass is 296 g/mol. The number of fused-ring (bicyclic) bond motifs is 3. The number of nitrogens with zero attached hydrogens (tertiary/aromatic N) is 2. The first-order valence-corrected chi connectivity index (χ1v) is 8.66. The molecule has 2 aliphatic heterocycles. The van der Waals surface area contributed by atoms with E-state index in [2.05, 4.69) is 41.5 Å². The number of hydrogen-bond acceptors (Lipinski definition) is 1. The van der Waals surface area contributed by atoms with E-state index in [0.29, 0.717) is 6.04 Å². The molecule has 0 aliphatic carbocycles. The zero-order valence-corrected chi connectivity index (χ0v) is 13.6. The van der Waals surface area contributed by atoms with Gasteiger partial charge in [-0.3, -0.25) is 4.79 Å². The van der Waals surface area contributed by atoms with Crippen molar-refractivity contribution in [1.29, 1.82) is 0 Å². The molecule has 0 saturated carbocycles. The van der Waals surface area contributed by atoms with Gasteiger partial charge in [-0.05, 0) is 43.7 Å². The molecular formula is C19H24N2O. The molecule has 0 radical (unpaired) electrons. The van der Waals surface area contributed by atoms with Gasteiger partial charge in [0.1, 0.15) is 5.69 Å². The fraction of sp³-hybridized carbons (Fsp3) is 0.526. The lowest BCUT2D eigenvalue weighted by Gasteiger charge is -2.30. The maximum Gasteiger partial charge on any atom is 0.270 e.